The van der Waals surface area contributed by atoms with Crippen molar-refractivity contribution in [3.63, 3.8) is 0 Å². The Morgan fingerprint density at radius 2 is 2.20 bits per heavy atom. The number of aliphatic imine (C=N–C) groups is 1. The predicted molar refractivity (Wildman–Crippen MR) is 104 cm³/mol. The van der Waals surface area contributed by atoms with Gasteiger partial charge in [-0.1, -0.05) is 6.07 Å². The van der Waals surface area contributed by atoms with Crippen molar-refractivity contribution in [1.29, 1.82) is 0 Å². The van der Waals surface area contributed by atoms with Crippen molar-refractivity contribution in [1.82, 2.24) is 10.2 Å². The Bertz CT molecular complexity index is 620. The first-order valence-electron chi connectivity index (χ1n) is 9.41. The van der Waals surface area contributed by atoms with Crippen LogP contribution < -0.4 is 10.2 Å². The van der Waals surface area contributed by atoms with E-state index in [1.807, 2.05) is 0 Å². The van der Waals surface area contributed by atoms with E-state index in [0.29, 0.717) is 5.41 Å². The second kappa shape index (κ2) is 7.65. The lowest BCUT2D eigenvalue weighted by Gasteiger charge is -2.25. The summed E-state index contributed by atoms with van der Waals surface area (Å²) in [6.45, 7) is 9.90. The van der Waals surface area contributed by atoms with Gasteiger partial charge in [-0.2, -0.15) is 0 Å². The zero-order chi connectivity index (χ0) is 17.9. The zero-order valence-corrected chi connectivity index (χ0v) is 16.1. The van der Waals surface area contributed by atoms with E-state index in [0.717, 1.165) is 45.4 Å². The van der Waals surface area contributed by atoms with Crippen LogP contribution in [-0.4, -0.2) is 57.8 Å². The molecule has 0 amide bonds. The van der Waals surface area contributed by atoms with Crippen molar-refractivity contribution in [2.24, 2.45) is 10.4 Å². The van der Waals surface area contributed by atoms with Gasteiger partial charge in [0.2, 0.25) is 0 Å². The topological polar surface area (TPSA) is 40.1 Å². The molecule has 2 heterocycles. The maximum absolute atomic E-state index is 5.65. The molecule has 1 aromatic rings. The Balaban J connectivity index is 1.70. The van der Waals surface area contributed by atoms with Gasteiger partial charge in [0.05, 0.1) is 13.2 Å². The largest absolute Gasteiger partial charge is 0.381 e. The third-order valence-electron chi connectivity index (χ3n) is 5.50. The van der Waals surface area contributed by atoms with Crippen LogP contribution in [0, 0.1) is 12.3 Å². The van der Waals surface area contributed by atoms with Crippen LogP contribution in [0.5, 0.6) is 0 Å². The van der Waals surface area contributed by atoms with Crippen LogP contribution in [0.15, 0.2) is 23.2 Å². The number of anilines is 1. The van der Waals surface area contributed by atoms with E-state index in [9.17, 15) is 0 Å². The van der Waals surface area contributed by atoms with Gasteiger partial charge in [0.25, 0.3) is 0 Å². The van der Waals surface area contributed by atoms with Gasteiger partial charge in [-0.15, -0.1) is 0 Å². The highest BCUT2D eigenvalue weighted by Gasteiger charge is 2.42. The van der Waals surface area contributed by atoms with Crippen molar-refractivity contribution in [2.45, 2.75) is 33.2 Å². The molecule has 0 saturated carbocycles. The molecule has 0 bridgehead atoms. The highest BCUT2D eigenvalue weighted by molar-refractivity contribution is 5.80. The van der Waals surface area contributed by atoms with Crippen molar-refractivity contribution in [2.75, 3.05) is 51.8 Å². The number of rotatable bonds is 4. The number of guanidine groups is 1. The summed E-state index contributed by atoms with van der Waals surface area (Å²) in [5, 5.41) is 3.48. The van der Waals surface area contributed by atoms with Crippen LogP contribution in [0.4, 0.5) is 5.69 Å². The Hall–Kier alpha value is -1.75. The maximum atomic E-state index is 5.65. The number of nitrogens with one attached hydrogen (secondary N) is 1. The van der Waals surface area contributed by atoms with Gasteiger partial charge in [0, 0.05) is 51.4 Å². The maximum Gasteiger partial charge on any atom is 0.194 e. The summed E-state index contributed by atoms with van der Waals surface area (Å²) in [6, 6.07) is 6.61. The summed E-state index contributed by atoms with van der Waals surface area (Å²) in [6.07, 6.45) is 2.40. The van der Waals surface area contributed by atoms with E-state index in [-0.39, 0.29) is 0 Å². The first-order chi connectivity index (χ1) is 12.0. The molecule has 138 valence electrons. The smallest absolute Gasteiger partial charge is 0.194 e. The molecule has 1 aromatic carbocycles. The Kier molecular flexibility index (Phi) is 5.52. The Morgan fingerprint density at radius 3 is 2.84 bits per heavy atom. The average Bonchev–Trinajstić information content (AvgIpc) is 3.22. The molecule has 1 unspecified atom stereocenters. The third kappa shape index (κ3) is 4.09. The lowest BCUT2D eigenvalue weighted by atomic mass is 9.87. The quantitative estimate of drug-likeness (QED) is 0.673. The van der Waals surface area contributed by atoms with Gasteiger partial charge in [-0.25, -0.2) is 4.99 Å². The molecule has 25 heavy (non-hydrogen) atoms. The van der Waals surface area contributed by atoms with E-state index in [1.165, 1.54) is 29.7 Å². The van der Waals surface area contributed by atoms with E-state index in [4.69, 9.17) is 9.73 Å². The minimum absolute atomic E-state index is 0.361. The molecule has 2 aliphatic heterocycles. The summed E-state index contributed by atoms with van der Waals surface area (Å²) in [4.78, 5) is 9.49. The van der Waals surface area contributed by atoms with Gasteiger partial charge in [0.15, 0.2) is 5.96 Å². The van der Waals surface area contributed by atoms with Crippen molar-refractivity contribution in [3.8, 4) is 0 Å². The molecule has 1 N–H and O–H groups in total. The zero-order valence-electron chi connectivity index (χ0n) is 16.1. The molecule has 5 nitrogen and oxygen atoms in total. The molecule has 0 aliphatic carbocycles. The molecule has 1 spiro atoms. The fourth-order valence-corrected chi connectivity index (χ4v) is 3.81. The average molecular weight is 345 g/mol. The third-order valence-corrected chi connectivity index (χ3v) is 5.50. The first kappa shape index (κ1) is 18.1. The number of hydrogen-bond donors (Lipinski definition) is 1. The Morgan fingerprint density at radius 1 is 1.36 bits per heavy atom. The van der Waals surface area contributed by atoms with Crippen LogP contribution in [0.1, 0.15) is 30.9 Å². The summed E-state index contributed by atoms with van der Waals surface area (Å²) in [5.74, 6) is 1.04. The number of ether oxygens (including phenoxy) is 1. The predicted octanol–water partition coefficient (Wildman–Crippen LogP) is 2.64. The molecular formula is C20H32N4O. The first-order valence-corrected chi connectivity index (χ1v) is 9.41. The van der Waals surface area contributed by atoms with Gasteiger partial charge < -0.3 is 19.9 Å². The minimum atomic E-state index is 0.361. The molecule has 5 heteroatoms. The normalized spacial score (nSPS) is 23.5. The fraction of sp³-hybridized carbons (Fsp3) is 0.650. The monoisotopic (exact) mass is 344 g/mol. The second-order valence-corrected chi connectivity index (χ2v) is 7.65. The van der Waals surface area contributed by atoms with E-state index in [2.05, 4.69) is 61.3 Å². The van der Waals surface area contributed by atoms with Gasteiger partial charge >= 0.3 is 0 Å². The number of benzene rings is 1. The molecule has 3 rings (SSSR count). The van der Waals surface area contributed by atoms with Crippen molar-refractivity contribution >= 4 is 11.6 Å². The molecular weight excluding hydrogens is 312 g/mol. The van der Waals surface area contributed by atoms with Crippen LogP contribution in [-0.2, 0) is 11.3 Å². The van der Waals surface area contributed by atoms with Gasteiger partial charge in [-0.3, -0.25) is 0 Å². The lowest BCUT2D eigenvalue weighted by Crippen LogP contribution is -2.41. The molecule has 0 radical (unpaired) electrons. The second-order valence-electron chi connectivity index (χ2n) is 7.65. The SMILES string of the molecule is CCNC(=NCc1ccc(N(C)C)cc1C)N1CCC2(CCOC2)C1. The number of hydrogen-bond acceptors (Lipinski definition) is 3. The standard InChI is InChI=1S/C20H32N4O/c1-5-21-19(24-10-8-20(14-24)9-11-25-15-20)22-13-17-6-7-18(23(3)4)12-16(17)2/h6-7,12H,5,8-11,13-15H2,1-4H3,(H,21,22). The fourth-order valence-electron chi connectivity index (χ4n) is 3.81. The van der Waals surface area contributed by atoms with Crippen molar-refractivity contribution in [3.05, 3.63) is 29.3 Å². The van der Waals surface area contributed by atoms with E-state index < -0.39 is 0 Å². The number of aryl methyl sites for hydroxylation is 1. The number of likely N-dealkylation sites (tertiary alicyclic amines) is 1. The molecule has 1 atom stereocenters. The van der Waals surface area contributed by atoms with Gasteiger partial charge in [-0.05, 0) is 49.9 Å². The minimum Gasteiger partial charge on any atom is -0.381 e. The summed E-state index contributed by atoms with van der Waals surface area (Å²) in [5.41, 5.74) is 4.19. The Labute approximate surface area is 152 Å². The molecule has 2 fully saturated rings. The molecule has 2 saturated heterocycles. The summed E-state index contributed by atoms with van der Waals surface area (Å²) in [7, 11) is 4.15. The lowest BCUT2D eigenvalue weighted by molar-refractivity contribution is 0.156. The number of nitrogens with zero attached hydrogens (tertiary/aromatic N) is 3. The van der Waals surface area contributed by atoms with E-state index >= 15 is 0 Å². The van der Waals surface area contributed by atoms with Crippen LogP contribution in [0.25, 0.3) is 0 Å². The van der Waals surface area contributed by atoms with E-state index in [1.54, 1.807) is 0 Å². The molecule has 2 aliphatic rings. The van der Waals surface area contributed by atoms with Crippen LogP contribution >= 0.6 is 0 Å². The molecule has 0 aromatic heterocycles. The van der Waals surface area contributed by atoms with Crippen molar-refractivity contribution < 1.29 is 4.74 Å². The van der Waals surface area contributed by atoms with Crippen LogP contribution in [0.2, 0.25) is 0 Å². The van der Waals surface area contributed by atoms with Gasteiger partial charge in [0.1, 0.15) is 0 Å². The summed E-state index contributed by atoms with van der Waals surface area (Å²) >= 11 is 0. The highest BCUT2D eigenvalue weighted by atomic mass is 16.5. The highest BCUT2D eigenvalue weighted by Crippen LogP contribution is 2.38. The summed E-state index contributed by atoms with van der Waals surface area (Å²) < 4.78 is 5.65. The van der Waals surface area contributed by atoms with Crippen LogP contribution in [0.3, 0.4) is 0 Å².